The number of nitriles is 1. The van der Waals surface area contributed by atoms with Gasteiger partial charge in [0.15, 0.2) is 6.61 Å². The fourth-order valence-corrected chi connectivity index (χ4v) is 2.78. The van der Waals surface area contributed by atoms with E-state index in [1.807, 2.05) is 19.9 Å². The van der Waals surface area contributed by atoms with Crippen molar-refractivity contribution in [3.05, 3.63) is 29.8 Å². The van der Waals surface area contributed by atoms with Gasteiger partial charge in [-0.2, -0.15) is 5.26 Å². The topological polar surface area (TPSA) is 129 Å². The SMILES string of the molecule is CC(C)CC[C@]1(C)NC(=O)N(CC(=O)OCC(=O)Nc2ccc(C#N)cc2)C1=O. The highest BCUT2D eigenvalue weighted by atomic mass is 16.5. The number of urea groups is 1. The number of amides is 4. The van der Waals surface area contributed by atoms with Gasteiger partial charge in [0.25, 0.3) is 11.8 Å². The molecule has 1 fully saturated rings. The smallest absolute Gasteiger partial charge is 0.326 e. The summed E-state index contributed by atoms with van der Waals surface area (Å²) in [6.07, 6.45) is 1.21. The van der Waals surface area contributed by atoms with Gasteiger partial charge in [0.1, 0.15) is 12.1 Å². The number of hydrogen-bond acceptors (Lipinski definition) is 6. The molecule has 4 amide bonds. The Hall–Kier alpha value is -3.41. The largest absolute Gasteiger partial charge is 0.454 e. The van der Waals surface area contributed by atoms with Crippen molar-refractivity contribution in [1.29, 1.82) is 5.26 Å². The number of hydrogen-bond donors (Lipinski definition) is 2. The van der Waals surface area contributed by atoms with E-state index in [4.69, 9.17) is 10.00 Å². The molecule has 0 unspecified atom stereocenters. The summed E-state index contributed by atoms with van der Waals surface area (Å²) >= 11 is 0. The van der Waals surface area contributed by atoms with Crippen molar-refractivity contribution in [2.75, 3.05) is 18.5 Å². The first kappa shape index (κ1) is 21.9. The van der Waals surface area contributed by atoms with Crippen LogP contribution in [0.4, 0.5) is 10.5 Å². The van der Waals surface area contributed by atoms with Gasteiger partial charge in [0.05, 0.1) is 11.6 Å². The van der Waals surface area contributed by atoms with Crippen LogP contribution >= 0.6 is 0 Å². The van der Waals surface area contributed by atoms with Crippen LogP contribution in [-0.4, -0.2) is 47.4 Å². The summed E-state index contributed by atoms with van der Waals surface area (Å²) in [5.74, 6) is -1.56. The normalized spacial score (nSPS) is 18.4. The van der Waals surface area contributed by atoms with Crippen LogP contribution in [0.1, 0.15) is 39.2 Å². The maximum Gasteiger partial charge on any atom is 0.326 e. The predicted octanol–water partition coefficient (Wildman–Crippen LogP) is 1.79. The Morgan fingerprint density at radius 3 is 2.52 bits per heavy atom. The maximum atomic E-state index is 12.5. The summed E-state index contributed by atoms with van der Waals surface area (Å²) in [5, 5.41) is 13.9. The number of nitrogens with one attached hydrogen (secondary N) is 2. The van der Waals surface area contributed by atoms with Crippen LogP contribution < -0.4 is 10.6 Å². The lowest BCUT2D eigenvalue weighted by Gasteiger charge is -2.22. The summed E-state index contributed by atoms with van der Waals surface area (Å²) in [6.45, 7) is 4.54. The number of esters is 1. The predicted molar refractivity (Wildman–Crippen MR) is 103 cm³/mol. The van der Waals surface area contributed by atoms with Crippen LogP contribution in [0.2, 0.25) is 0 Å². The number of benzene rings is 1. The molecule has 1 aromatic carbocycles. The lowest BCUT2D eigenvalue weighted by Crippen LogP contribution is -2.44. The molecule has 0 aliphatic carbocycles. The van der Waals surface area contributed by atoms with E-state index in [0.29, 0.717) is 23.6 Å². The minimum atomic E-state index is -1.05. The molecule has 1 saturated heterocycles. The minimum absolute atomic E-state index is 0.366. The molecule has 0 aromatic heterocycles. The van der Waals surface area contributed by atoms with Gasteiger partial charge in [-0.15, -0.1) is 0 Å². The number of anilines is 1. The summed E-state index contributed by atoms with van der Waals surface area (Å²) in [7, 11) is 0. The number of imide groups is 1. The Morgan fingerprint density at radius 1 is 1.28 bits per heavy atom. The fourth-order valence-electron chi connectivity index (χ4n) is 2.78. The molecule has 0 bridgehead atoms. The second-order valence-corrected chi connectivity index (χ2v) is 7.48. The minimum Gasteiger partial charge on any atom is -0.454 e. The van der Waals surface area contributed by atoms with Crippen molar-refractivity contribution in [2.24, 2.45) is 5.92 Å². The van der Waals surface area contributed by atoms with Crippen molar-refractivity contribution >= 4 is 29.5 Å². The molecule has 29 heavy (non-hydrogen) atoms. The molecular weight excluding hydrogens is 376 g/mol. The molecule has 9 nitrogen and oxygen atoms in total. The van der Waals surface area contributed by atoms with E-state index in [2.05, 4.69) is 10.6 Å². The first-order valence-electron chi connectivity index (χ1n) is 9.24. The Kier molecular flexibility index (Phi) is 6.93. The second-order valence-electron chi connectivity index (χ2n) is 7.48. The van der Waals surface area contributed by atoms with Gasteiger partial charge in [-0.1, -0.05) is 13.8 Å². The van der Waals surface area contributed by atoms with Gasteiger partial charge in [-0.3, -0.25) is 19.3 Å². The monoisotopic (exact) mass is 400 g/mol. The Balaban J connectivity index is 1.83. The van der Waals surface area contributed by atoms with Gasteiger partial charge >= 0.3 is 12.0 Å². The zero-order chi connectivity index (χ0) is 21.6. The van der Waals surface area contributed by atoms with Crippen LogP contribution in [0.3, 0.4) is 0 Å². The van der Waals surface area contributed by atoms with E-state index in [1.165, 1.54) is 12.1 Å². The van der Waals surface area contributed by atoms with Gasteiger partial charge in [0.2, 0.25) is 0 Å². The molecule has 2 N–H and O–H groups in total. The highest BCUT2D eigenvalue weighted by Crippen LogP contribution is 2.24. The zero-order valence-corrected chi connectivity index (χ0v) is 16.7. The lowest BCUT2D eigenvalue weighted by molar-refractivity contribution is -0.150. The summed E-state index contributed by atoms with van der Waals surface area (Å²) in [4.78, 5) is 49.3. The third-order valence-electron chi connectivity index (χ3n) is 4.52. The quantitative estimate of drug-likeness (QED) is 0.506. The Bertz CT molecular complexity index is 843. The molecule has 9 heteroatoms. The number of nitrogens with zero attached hydrogens (tertiary/aromatic N) is 2. The Labute approximate surface area is 169 Å². The maximum absolute atomic E-state index is 12.5. The first-order chi connectivity index (χ1) is 13.6. The summed E-state index contributed by atoms with van der Waals surface area (Å²) < 4.78 is 4.87. The Morgan fingerprint density at radius 2 is 1.93 bits per heavy atom. The van der Waals surface area contributed by atoms with E-state index in [1.54, 1.807) is 19.1 Å². The molecule has 1 aromatic rings. The molecule has 0 saturated carbocycles. The number of rotatable bonds is 8. The average molecular weight is 400 g/mol. The molecule has 1 atom stereocenters. The van der Waals surface area contributed by atoms with Crippen LogP contribution in [0.15, 0.2) is 24.3 Å². The molecule has 1 aliphatic heterocycles. The summed E-state index contributed by atoms with van der Waals surface area (Å²) in [6, 6.07) is 7.47. The number of carbonyl (C=O) groups is 4. The van der Waals surface area contributed by atoms with E-state index >= 15 is 0 Å². The molecule has 0 radical (unpaired) electrons. The molecule has 0 spiro atoms. The number of ether oxygens (including phenoxy) is 1. The third kappa shape index (κ3) is 5.78. The van der Waals surface area contributed by atoms with Crippen molar-refractivity contribution < 1.29 is 23.9 Å². The highest BCUT2D eigenvalue weighted by Gasteiger charge is 2.48. The van der Waals surface area contributed by atoms with Crippen LogP contribution in [0, 0.1) is 17.2 Å². The van der Waals surface area contributed by atoms with E-state index in [0.717, 1.165) is 11.3 Å². The number of carbonyl (C=O) groups excluding carboxylic acids is 4. The summed E-state index contributed by atoms with van der Waals surface area (Å²) in [5.41, 5.74) is -0.155. The van der Waals surface area contributed by atoms with Crippen LogP contribution in [-0.2, 0) is 19.1 Å². The molecular formula is C20H24N4O5. The average Bonchev–Trinajstić information content (AvgIpc) is 2.89. The van der Waals surface area contributed by atoms with Crippen LogP contribution in [0.25, 0.3) is 0 Å². The van der Waals surface area contributed by atoms with Gasteiger partial charge < -0.3 is 15.4 Å². The van der Waals surface area contributed by atoms with Crippen molar-refractivity contribution in [3.8, 4) is 6.07 Å². The zero-order valence-electron chi connectivity index (χ0n) is 16.7. The molecule has 1 heterocycles. The van der Waals surface area contributed by atoms with Crippen molar-refractivity contribution in [2.45, 2.75) is 39.2 Å². The van der Waals surface area contributed by atoms with Gasteiger partial charge in [0, 0.05) is 5.69 Å². The van der Waals surface area contributed by atoms with E-state index in [-0.39, 0.29) is 0 Å². The second kappa shape index (κ2) is 9.19. The molecule has 2 rings (SSSR count). The van der Waals surface area contributed by atoms with Crippen LogP contribution in [0.5, 0.6) is 0 Å². The standard InChI is InChI=1S/C20H24N4O5/c1-13(2)8-9-20(3)18(27)24(19(28)23-20)11-17(26)29-12-16(25)22-15-6-4-14(10-21)5-7-15/h4-7,13H,8-9,11-12H2,1-3H3,(H,22,25)(H,23,28)/t20-/m0/s1. The van der Waals surface area contributed by atoms with Crippen molar-refractivity contribution in [3.63, 3.8) is 0 Å². The highest BCUT2D eigenvalue weighted by molar-refractivity contribution is 6.08. The van der Waals surface area contributed by atoms with Crippen molar-refractivity contribution in [1.82, 2.24) is 10.2 Å². The third-order valence-corrected chi connectivity index (χ3v) is 4.52. The fraction of sp³-hybridized carbons (Fsp3) is 0.450. The molecule has 154 valence electrons. The molecule has 1 aliphatic rings. The van der Waals surface area contributed by atoms with E-state index < -0.39 is 42.5 Å². The first-order valence-corrected chi connectivity index (χ1v) is 9.24. The van der Waals surface area contributed by atoms with Gasteiger partial charge in [-0.05, 0) is 49.9 Å². The van der Waals surface area contributed by atoms with E-state index in [9.17, 15) is 19.2 Å². The lowest BCUT2D eigenvalue weighted by atomic mass is 9.92. The van der Waals surface area contributed by atoms with Gasteiger partial charge in [-0.25, -0.2) is 4.79 Å².